The maximum absolute atomic E-state index is 9.11. The van der Waals surface area contributed by atoms with Gasteiger partial charge in [-0.2, -0.15) is 0 Å². The molecule has 66 valence electrons. The van der Waals surface area contributed by atoms with Gasteiger partial charge in [0.15, 0.2) is 6.29 Å². The van der Waals surface area contributed by atoms with Gasteiger partial charge in [-0.15, -0.1) is 0 Å². The van der Waals surface area contributed by atoms with Crippen molar-refractivity contribution in [3.8, 4) is 0 Å². The Morgan fingerprint density at radius 1 is 1.27 bits per heavy atom. The molecule has 0 saturated carbocycles. The van der Waals surface area contributed by atoms with Crippen molar-refractivity contribution in [1.29, 1.82) is 0 Å². The molecule has 4 N–H and O–H groups in total. The third-order valence-corrected chi connectivity index (χ3v) is 1.73. The largest absolute Gasteiger partial charge is 0.394 e. The van der Waals surface area contributed by atoms with Crippen LogP contribution >= 0.6 is 0 Å². The molecule has 0 unspecified atom stereocenters. The molecule has 0 bridgehead atoms. The first-order valence-corrected chi connectivity index (χ1v) is 3.45. The molecule has 1 rings (SSSR count). The van der Waals surface area contributed by atoms with Crippen molar-refractivity contribution in [2.45, 2.75) is 31.0 Å². The molecule has 1 aliphatic rings. The van der Waals surface area contributed by atoms with Crippen LogP contribution in [0.1, 0.15) is 6.42 Å². The molecule has 0 amide bonds. The highest BCUT2D eigenvalue weighted by Crippen LogP contribution is 2.18. The molecular weight excluding hydrogens is 152 g/mol. The maximum Gasteiger partial charge on any atom is 0.157 e. The second kappa shape index (κ2) is 3.46. The van der Waals surface area contributed by atoms with E-state index in [0.717, 1.165) is 0 Å². The lowest BCUT2D eigenvalue weighted by Crippen LogP contribution is -2.49. The number of hydrogen-bond acceptors (Lipinski definition) is 5. The quantitative estimate of drug-likeness (QED) is 0.353. The van der Waals surface area contributed by atoms with Crippen LogP contribution in [0, 0.1) is 0 Å². The number of aliphatic hydroxyl groups is 4. The number of ether oxygens (including phenoxy) is 1. The third kappa shape index (κ3) is 1.88. The molecule has 0 radical (unpaired) electrons. The molecule has 0 aromatic rings. The lowest BCUT2D eigenvalue weighted by Gasteiger charge is -2.33. The van der Waals surface area contributed by atoms with Crippen LogP contribution in [0.25, 0.3) is 0 Å². The smallest absolute Gasteiger partial charge is 0.157 e. The fraction of sp³-hybridized carbons (Fsp3) is 1.00. The molecule has 0 aromatic heterocycles. The van der Waals surface area contributed by atoms with Gasteiger partial charge in [-0.3, -0.25) is 0 Å². The van der Waals surface area contributed by atoms with E-state index in [1.807, 2.05) is 0 Å². The van der Waals surface area contributed by atoms with E-state index in [9.17, 15) is 0 Å². The number of rotatable bonds is 1. The summed E-state index contributed by atoms with van der Waals surface area (Å²) < 4.78 is 4.71. The van der Waals surface area contributed by atoms with Crippen molar-refractivity contribution in [2.75, 3.05) is 6.61 Å². The van der Waals surface area contributed by atoms with Crippen LogP contribution in [-0.2, 0) is 4.74 Å². The molecule has 5 heteroatoms. The van der Waals surface area contributed by atoms with Crippen LogP contribution in [0.3, 0.4) is 0 Å². The van der Waals surface area contributed by atoms with E-state index in [4.69, 9.17) is 25.2 Å². The van der Waals surface area contributed by atoms with Gasteiger partial charge < -0.3 is 25.2 Å². The second-order valence-corrected chi connectivity index (χ2v) is 2.61. The van der Waals surface area contributed by atoms with Gasteiger partial charge in [0.25, 0.3) is 0 Å². The van der Waals surface area contributed by atoms with E-state index in [0.29, 0.717) is 0 Å². The Bertz CT molecular complexity index is 128. The monoisotopic (exact) mass is 164 g/mol. The Labute approximate surface area is 63.8 Å². The summed E-state index contributed by atoms with van der Waals surface area (Å²) in [6.45, 7) is -0.407. The normalized spacial score (nSPS) is 45.8. The molecule has 0 spiro atoms. The third-order valence-electron chi connectivity index (χ3n) is 1.73. The Morgan fingerprint density at radius 3 is 2.45 bits per heavy atom. The van der Waals surface area contributed by atoms with Crippen molar-refractivity contribution < 1.29 is 25.2 Å². The fourth-order valence-electron chi connectivity index (χ4n) is 1.08. The minimum absolute atomic E-state index is 0.0162. The summed E-state index contributed by atoms with van der Waals surface area (Å²) in [5.41, 5.74) is 0. The molecular formula is C6H12O5. The standard InChI is InChI=1S/C6H12O5/c7-2-4-6(10)3(8)1-5(9)11-4/h3-10H,1-2H2/t3-,4-,5-,6-/m0/s1. The summed E-state index contributed by atoms with van der Waals surface area (Å²) in [4.78, 5) is 0. The SMILES string of the molecule is OC[C@@H]1O[C@H](O)C[C@H](O)[C@@H]1O. The molecule has 0 aromatic carbocycles. The predicted molar refractivity (Wildman–Crippen MR) is 34.6 cm³/mol. The van der Waals surface area contributed by atoms with E-state index in [1.54, 1.807) is 0 Å². The van der Waals surface area contributed by atoms with Crippen LogP contribution in [0.4, 0.5) is 0 Å². The zero-order valence-corrected chi connectivity index (χ0v) is 5.92. The van der Waals surface area contributed by atoms with Crippen molar-refractivity contribution in [3.05, 3.63) is 0 Å². The van der Waals surface area contributed by atoms with Gasteiger partial charge in [0.2, 0.25) is 0 Å². The Hall–Kier alpha value is -0.200. The van der Waals surface area contributed by atoms with Crippen LogP contribution in [0.15, 0.2) is 0 Å². The van der Waals surface area contributed by atoms with Gasteiger partial charge in [0.05, 0.1) is 12.7 Å². The summed E-state index contributed by atoms with van der Waals surface area (Å²) in [6.07, 6.45) is -4.11. The van der Waals surface area contributed by atoms with E-state index in [2.05, 4.69) is 0 Å². The Balaban J connectivity index is 2.51. The summed E-state index contributed by atoms with van der Waals surface area (Å²) >= 11 is 0. The zero-order chi connectivity index (χ0) is 8.43. The second-order valence-electron chi connectivity index (χ2n) is 2.61. The van der Waals surface area contributed by atoms with E-state index >= 15 is 0 Å². The molecule has 4 atom stereocenters. The van der Waals surface area contributed by atoms with Gasteiger partial charge >= 0.3 is 0 Å². The summed E-state index contributed by atoms with van der Waals surface area (Å²) in [7, 11) is 0. The average molecular weight is 164 g/mol. The minimum Gasteiger partial charge on any atom is -0.394 e. The highest BCUT2D eigenvalue weighted by molar-refractivity contribution is 4.81. The lowest BCUT2D eigenvalue weighted by atomic mass is 10.0. The van der Waals surface area contributed by atoms with Gasteiger partial charge in [-0.05, 0) is 0 Å². The summed E-state index contributed by atoms with van der Waals surface area (Å²) in [6, 6.07) is 0. The van der Waals surface area contributed by atoms with Gasteiger partial charge in [-0.25, -0.2) is 0 Å². The van der Waals surface area contributed by atoms with Crippen LogP contribution in [0.2, 0.25) is 0 Å². The lowest BCUT2D eigenvalue weighted by molar-refractivity contribution is -0.239. The summed E-state index contributed by atoms with van der Waals surface area (Å²) in [5, 5.41) is 35.6. The zero-order valence-electron chi connectivity index (χ0n) is 5.92. The van der Waals surface area contributed by atoms with Crippen molar-refractivity contribution >= 4 is 0 Å². The van der Waals surface area contributed by atoms with Crippen LogP contribution in [-0.4, -0.2) is 51.6 Å². The molecule has 1 aliphatic heterocycles. The van der Waals surface area contributed by atoms with E-state index in [1.165, 1.54) is 0 Å². The minimum atomic E-state index is -1.11. The molecule has 0 aliphatic carbocycles. The molecule has 5 nitrogen and oxygen atoms in total. The van der Waals surface area contributed by atoms with Crippen LogP contribution < -0.4 is 0 Å². The predicted octanol–water partition coefficient (Wildman–Crippen LogP) is -2.19. The molecule has 11 heavy (non-hydrogen) atoms. The highest BCUT2D eigenvalue weighted by atomic mass is 16.6. The van der Waals surface area contributed by atoms with E-state index in [-0.39, 0.29) is 6.42 Å². The first-order chi connectivity index (χ1) is 5.15. The van der Waals surface area contributed by atoms with Crippen molar-refractivity contribution in [3.63, 3.8) is 0 Å². The Kier molecular flexibility index (Phi) is 2.80. The number of hydrogen-bond donors (Lipinski definition) is 4. The topological polar surface area (TPSA) is 90.2 Å². The summed E-state index contributed by atoms with van der Waals surface area (Å²) in [5.74, 6) is 0. The first kappa shape index (κ1) is 8.89. The average Bonchev–Trinajstić information content (AvgIpc) is 1.96. The maximum atomic E-state index is 9.11. The molecule has 1 heterocycles. The van der Waals surface area contributed by atoms with Crippen LogP contribution in [0.5, 0.6) is 0 Å². The first-order valence-electron chi connectivity index (χ1n) is 3.45. The molecule has 1 fully saturated rings. The van der Waals surface area contributed by atoms with E-state index < -0.39 is 31.2 Å². The Morgan fingerprint density at radius 2 is 1.91 bits per heavy atom. The molecule has 1 saturated heterocycles. The van der Waals surface area contributed by atoms with Crippen molar-refractivity contribution in [2.24, 2.45) is 0 Å². The van der Waals surface area contributed by atoms with Gasteiger partial charge in [-0.1, -0.05) is 0 Å². The fourth-order valence-corrected chi connectivity index (χ4v) is 1.08. The number of aliphatic hydroxyl groups excluding tert-OH is 4. The highest BCUT2D eigenvalue weighted by Gasteiger charge is 2.35. The van der Waals surface area contributed by atoms with Crippen molar-refractivity contribution in [1.82, 2.24) is 0 Å². The van der Waals surface area contributed by atoms with Gasteiger partial charge in [0, 0.05) is 6.42 Å². The van der Waals surface area contributed by atoms with Gasteiger partial charge in [0.1, 0.15) is 12.2 Å².